The van der Waals surface area contributed by atoms with Gasteiger partial charge in [-0.3, -0.25) is 9.59 Å². The second-order valence-electron chi connectivity index (χ2n) is 8.18. The maximum absolute atomic E-state index is 13.5. The molecule has 34 heavy (non-hydrogen) atoms. The number of anilines is 2. The van der Waals surface area contributed by atoms with Gasteiger partial charge in [-0.25, -0.2) is 9.97 Å². The first kappa shape index (κ1) is 23.0. The van der Waals surface area contributed by atoms with Crippen molar-refractivity contribution in [1.82, 2.24) is 14.9 Å². The van der Waals surface area contributed by atoms with Gasteiger partial charge in [0.2, 0.25) is 11.7 Å². The highest BCUT2D eigenvalue weighted by molar-refractivity contribution is 6.15. The highest BCUT2D eigenvalue weighted by atomic mass is 16.5. The number of nitrogens with one attached hydrogen (secondary N) is 1. The number of hydrogen-bond donors (Lipinski definition) is 2. The zero-order valence-corrected chi connectivity index (χ0v) is 19.0. The van der Waals surface area contributed by atoms with E-state index in [9.17, 15) is 9.59 Å². The van der Waals surface area contributed by atoms with Crippen molar-refractivity contribution in [2.24, 2.45) is 0 Å². The SMILES string of the molecule is C=CC(=O)N1CCC[C@@H](Nc2ncnc(N)c2C(=O)c2ccc(Oc3ccccc3)cc2C)C1. The number of amides is 1. The largest absolute Gasteiger partial charge is 0.457 e. The Bertz CT molecular complexity index is 1210. The number of hydrogen-bond acceptors (Lipinski definition) is 7. The van der Waals surface area contributed by atoms with E-state index >= 15 is 0 Å². The molecule has 8 heteroatoms. The van der Waals surface area contributed by atoms with Gasteiger partial charge in [0.1, 0.15) is 35.0 Å². The van der Waals surface area contributed by atoms with E-state index in [2.05, 4.69) is 21.9 Å². The van der Waals surface area contributed by atoms with Crippen LogP contribution >= 0.6 is 0 Å². The van der Waals surface area contributed by atoms with Crippen LogP contribution in [0, 0.1) is 6.92 Å². The van der Waals surface area contributed by atoms with Crippen LogP contribution in [0.4, 0.5) is 11.6 Å². The van der Waals surface area contributed by atoms with E-state index in [1.807, 2.05) is 43.3 Å². The van der Waals surface area contributed by atoms with Crippen LogP contribution in [0.3, 0.4) is 0 Å². The summed E-state index contributed by atoms with van der Waals surface area (Å²) in [7, 11) is 0. The standard InChI is InChI=1S/C26H27N5O3/c1-3-22(32)31-13-7-8-18(15-31)30-26-23(25(27)28-16-29-26)24(33)21-12-11-20(14-17(21)2)34-19-9-5-4-6-10-19/h3-6,9-12,14,16,18H,1,7-8,13,15H2,2H3,(H3,27,28,29,30)/t18-/m1/s1. The summed E-state index contributed by atoms with van der Waals surface area (Å²) in [6.07, 6.45) is 4.31. The predicted octanol–water partition coefficient (Wildman–Crippen LogP) is 3.98. The number of piperidine rings is 1. The fourth-order valence-corrected chi connectivity index (χ4v) is 4.06. The molecule has 0 aliphatic carbocycles. The third-order valence-electron chi connectivity index (χ3n) is 5.77. The lowest BCUT2D eigenvalue weighted by Crippen LogP contribution is -2.44. The summed E-state index contributed by atoms with van der Waals surface area (Å²) in [5.74, 6) is 1.41. The van der Waals surface area contributed by atoms with Gasteiger partial charge in [-0.2, -0.15) is 0 Å². The zero-order valence-electron chi connectivity index (χ0n) is 19.0. The second kappa shape index (κ2) is 10.2. The Morgan fingerprint density at radius 2 is 1.97 bits per heavy atom. The van der Waals surface area contributed by atoms with Crippen molar-refractivity contribution in [2.75, 3.05) is 24.1 Å². The van der Waals surface area contributed by atoms with Gasteiger partial charge in [0.05, 0.1) is 0 Å². The van der Waals surface area contributed by atoms with Crippen molar-refractivity contribution in [2.45, 2.75) is 25.8 Å². The highest BCUT2D eigenvalue weighted by Crippen LogP contribution is 2.28. The van der Waals surface area contributed by atoms with Crippen molar-refractivity contribution in [3.63, 3.8) is 0 Å². The van der Waals surface area contributed by atoms with Crippen LogP contribution in [0.15, 0.2) is 67.5 Å². The summed E-state index contributed by atoms with van der Waals surface area (Å²) >= 11 is 0. The van der Waals surface area contributed by atoms with E-state index in [1.165, 1.54) is 12.4 Å². The van der Waals surface area contributed by atoms with Crippen molar-refractivity contribution in [3.05, 3.63) is 84.2 Å². The second-order valence-corrected chi connectivity index (χ2v) is 8.18. The number of nitrogens with two attached hydrogens (primary N) is 1. The Balaban J connectivity index is 1.57. The predicted molar refractivity (Wildman–Crippen MR) is 131 cm³/mol. The molecule has 1 aliphatic rings. The molecule has 2 aromatic carbocycles. The third-order valence-corrected chi connectivity index (χ3v) is 5.77. The molecule has 0 spiro atoms. The average Bonchev–Trinajstić information content (AvgIpc) is 2.84. The molecule has 0 bridgehead atoms. The van der Waals surface area contributed by atoms with Crippen LogP contribution in [0.1, 0.15) is 34.3 Å². The van der Waals surface area contributed by atoms with Crippen LogP contribution in [-0.2, 0) is 4.79 Å². The number of aryl methyl sites for hydroxylation is 1. The molecule has 1 saturated heterocycles. The molecule has 0 radical (unpaired) electrons. The van der Waals surface area contributed by atoms with Crippen molar-refractivity contribution < 1.29 is 14.3 Å². The molecule has 2 heterocycles. The van der Waals surface area contributed by atoms with E-state index in [0.717, 1.165) is 18.4 Å². The quantitative estimate of drug-likeness (QED) is 0.408. The van der Waals surface area contributed by atoms with Gasteiger partial charge in [-0.15, -0.1) is 0 Å². The summed E-state index contributed by atoms with van der Waals surface area (Å²) in [5.41, 5.74) is 7.57. The Hall–Kier alpha value is -4.20. The smallest absolute Gasteiger partial charge is 0.246 e. The number of ketones is 1. The summed E-state index contributed by atoms with van der Waals surface area (Å²) in [4.78, 5) is 35.6. The highest BCUT2D eigenvalue weighted by Gasteiger charge is 2.26. The van der Waals surface area contributed by atoms with E-state index in [4.69, 9.17) is 10.5 Å². The van der Waals surface area contributed by atoms with Gasteiger partial charge >= 0.3 is 0 Å². The molecule has 1 atom stereocenters. The van der Waals surface area contributed by atoms with Gasteiger partial charge in [-0.05, 0) is 61.7 Å². The van der Waals surface area contributed by atoms with Crippen molar-refractivity contribution in [3.8, 4) is 11.5 Å². The molecule has 0 saturated carbocycles. The Labute approximate surface area is 198 Å². The molecule has 0 unspecified atom stereocenters. The summed E-state index contributed by atoms with van der Waals surface area (Å²) in [6, 6.07) is 14.6. The lowest BCUT2D eigenvalue weighted by Gasteiger charge is -2.33. The Kier molecular flexibility index (Phi) is 6.87. The summed E-state index contributed by atoms with van der Waals surface area (Å²) in [6.45, 7) is 6.58. The van der Waals surface area contributed by atoms with Crippen molar-refractivity contribution >= 4 is 23.3 Å². The van der Waals surface area contributed by atoms with Gasteiger partial charge in [0.25, 0.3) is 0 Å². The number of nitrogen functional groups attached to an aromatic ring is 1. The number of carbonyl (C=O) groups is 2. The first-order valence-corrected chi connectivity index (χ1v) is 11.1. The monoisotopic (exact) mass is 457 g/mol. The number of para-hydroxylation sites is 1. The first-order chi connectivity index (χ1) is 16.5. The van der Waals surface area contributed by atoms with E-state index in [0.29, 0.717) is 36.0 Å². The fourth-order valence-electron chi connectivity index (χ4n) is 4.06. The third kappa shape index (κ3) is 5.06. The van der Waals surface area contributed by atoms with E-state index < -0.39 is 0 Å². The molecule has 1 fully saturated rings. The summed E-state index contributed by atoms with van der Waals surface area (Å²) < 4.78 is 5.87. The maximum atomic E-state index is 13.5. The number of nitrogens with zero attached hydrogens (tertiary/aromatic N) is 3. The lowest BCUT2D eigenvalue weighted by atomic mass is 9.98. The van der Waals surface area contributed by atoms with Crippen LogP contribution in [0.25, 0.3) is 0 Å². The molecule has 4 rings (SSSR count). The van der Waals surface area contributed by atoms with Crippen LogP contribution in [-0.4, -0.2) is 45.7 Å². The minimum Gasteiger partial charge on any atom is -0.457 e. The van der Waals surface area contributed by atoms with Crippen molar-refractivity contribution in [1.29, 1.82) is 0 Å². The van der Waals surface area contributed by atoms with E-state index in [1.54, 1.807) is 17.0 Å². The van der Waals surface area contributed by atoms with Gasteiger partial charge in [0, 0.05) is 24.7 Å². The molecule has 3 aromatic rings. The number of ether oxygens (including phenoxy) is 1. The zero-order chi connectivity index (χ0) is 24.1. The molecule has 174 valence electrons. The average molecular weight is 458 g/mol. The Morgan fingerprint density at radius 3 is 2.71 bits per heavy atom. The van der Waals surface area contributed by atoms with E-state index in [-0.39, 0.29) is 29.1 Å². The van der Waals surface area contributed by atoms with Crippen LogP contribution in [0.2, 0.25) is 0 Å². The molecular formula is C26H27N5O3. The minimum atomic E-state index is -0.279. The number of carbonyl (C=O) groups excluding carboxylic acids is 2. The number of rotatable bonds is 7. The molecule has 1 aromatic heterocycles. The first-order valence-electron chi connectivity index (χ1n) is 11.1. The number of benzene rings is 2. The van der Waals surface area contributed by atoms with Gasteiger partial charge in [0.15, 0.2) is 0 Å². The minimum absolute atomic E-state index is 0.0683. The number of likely N-dealkylation sites (tertiary alicyclic amines) is 1. The normalized spacial score (nSPS) is 15.4. The molecule has 8 nitrogen and oxygen atoms in total. The fraction of sp³-hybridized carbons (Fsp3) is 0.231. The molecule has 1 amide bonds. The van der Waals surface area contributed by atoms with Gasteiger partial charge in [-0.1, -0.05) is 24.8 Å². The number of aromatic nitrogens is 2. The Morgan fingerprint density at radius 1 is 1.18 bits per heavy atom. The molecule has 3 N–H and O–H groups in total. The van der Waals surface area contributed by atoms with Gasteiger partial charge < -0.3 is 20.7 Å². The van der Waals surface area contributed by atoms with Crippen LogP contribution in [0.5, 0.6) is 11.5 Å². The van der Waals surface area contributed by atoms with Crippen LogP contribution < -0.4 is 15.8 Å². The lowest BCUT2D eigenvalue weighted by molar-refractivity contribution is -0.127. The topological polar surface area (TPSA) is 110 Å². The maximum Gasteiger partial charge on any atom is 0.246 e. The summed E-state index contributed by atoms with van der Waals surface area (Å²) in [5, 5.41) is 3.31. The molecular weight excluding hydrogens is 430 g/mol. The molecule has 1 aliphatic heterocycles.